The van der Waals surface area contributed by atoms with E-state index in [-0.39, 0.29) is 7.92 Å². The smallest absolute Gasteiger partial charge is 0.136 e. The summed E-state index contributed by atoms with van der Waals surface area (Å²) >= 11 is 0. The van der Waals surface area contributed by atoms with Gasteiger partial charge in [0.25, 0.3) is 0 Å². The van der Waals surface area contributed by atoms with Crippen molar-refractivity contribution >= 4 is 13.5 Å². The lowest BCUT2D eigenvalue weighted by molar-refractivity contribution is 0.486. The molecular formula is C21H29N2P. The Hall–Kier alpha value is -1.14. The molecule has 2 fully saturated rings. The second kappa shape index (κ2) is 7.83. The van der Waals surface area contributed by atoms with Crippen LogP contribution in [0.2, 0.25) is 0 Å². The molecule has 0 saturated heterocycles. The molecule has 128 valence electrons. The predicted octanol–water partition coefficient (Wildman–Crippen LogP) is 5.64. The molecule has 0 bridgehead atoms. The van der Waals surface area contributed by atoms with Crippen molar-refractivity contribution in [2.45, 2.75) is 75.5 Å². The van der Waals surface area contributed by atoms with Crippen molar-refractivity contribution in [3.05, 3.63) is 42.7 Å². The van der Waals surface area contributed by atoms with Crippen LogP contribution in [0.5, 0.6) is 0 Å². The highest BCUT2D eigenvalue weighted by atomic mass is 31.1. The minimum atomic E-state index is -0.148. The summed E-state index contributed by atoms with van der Waals surface area (Å²) in [5, 5.41) is 0. The first-order valence-corrected chi connectivity index (χ1v) is 11.3. The van der Waals surface area contributed by atoms with E-state index in [4.69, 9.17) is 4.98 Å². The lowest BCUT2D eigenvalue weighted by Gasteiger charge is -2.38. The summed E-state index contributed by atoms with van der Waals surface area (Å²) in [6.07, 6.45) is 18.6. The third kappa shape index (κ3) is 3.45. The maximum absolute atomic E-state index is 4.94. The van der Waals surface area contributed by atoms with Gasteiger partial charge in [-0.25, -0.2) is 4.98 Å². The minimum absolute atomic E-state index is 0.148. The molecule has 0 N–H and O–H groups in total. The zero-order valence-corrected chi connectivity index (χ0v) is 15.5. The quantitative estimate of drug-likeness (QED) is 0.658. The number of rotatable bonds is 4. The van der Waals surface area contributed by atoms with E-state index in [0.29, 0.717) is 0 Å². The fourth-order valence-corrected chi connectivity index (χ4v) is 8.34. The molecule has 3 heteroatoms. The maximum Gasteiger partial charge on any atom is 0.136 e. The van der Waals surface area contributed by atoms with Gasteiger partial charge in [0, 0.05) is 18.1 Å². The summed E-state index contributed by atoms with van der Waals surface area (Å²) in [6, 6.07) is 10.8. The first kappa shape index (κ1) is 16.3. The van der Waals surface area contributed by atoms with Crippen molar-refractivity contribution in [1.29, 1.82) is 0 Å². The van der Waals surface area contributed by atoms with Gasteiger partial charge >= 0.3 is 0 Å². The highest BCUT2D eigenvalue weighted by Gasteiger charge is 2.35. The van der Waals surface area contributed by atoms with Crippen LogP contribution in [0.25, 0.3) is 5.69 Å². The molecule has 24 heavy (non-hydrogen) atoms. The number of para-hydroxylation sites is 1. The lowest BCUT2D eigenvalue weighted by atomic mass is 9.99. The van der Waals surface area contributed by atoms with Crippen molar-refractivity contribution in [2.24, 2.45) is 0 Å². The largest absolute Gasteiger partial charge is 0.300 e. The fourth-order valence-electron chi connectivity index (χ4n) is 4.62. The highest BCUT2D eigenvalue weighted by molar-refractivity contribution is 7.66. The molecule has 2 saturated carbocycles. The zero-order chi connectivity index (χ0) is 16.2. The Bertz CT molecular complexity index is 606. The van der Waals surface area contributed by atoms with Crippen molar-refractivity contribution in [1.82, 2.24) is 9.55 Å². The van der Waals surface area contributed by atoms with Gasteiger partial charge in [0.1, 0.15) is 5.57 Å². The van der Waals surface area contributed by atoms with Crippen LogP contribution < -0.4 is 5.57 Å². The van der Waals surface area contributed by atoms with Gasteiger partial charge in [-0.3, -0.25) is 0 Å². The van der Waals surface area contributed by atoms with Crippen molar-refractivity contribution in [2.75, 3.05) is 0 Å². The van der Waals surface area contributed by atoms with Crippen LogP contribution in [0.4, 0.5) is 0 Å². The molecule has 1 heterocycles. The number of hydrogen-bond acceptors (Lipinski definition) is 1. The summed E-state index contributed by atoms with van der Waals surface area (Å²) in [6.45, 7) is 0. The van der Waals surface area contributed by atoms with E-state index in [2.05, 4.69) is 41.1 Å². The second-order valence-electron chi connectivity index (χ2n) is 7.42. The Kier molecular flexibility index (Phi) is 5.33. The molecule has 1 aromatic heterocycles. The van der Waals surface area contributed by atoms with Gasteiger partial charge < -0.3 is 4.57 Å². The van der Waals surface area contributed by atoms with Gasteiger partial charge in [-0.1, -0.05) is 56.7 Å². The third-order valence-electron chi connectivity index (χ3n) is 5.82. The second-order valence-corrected chi connectivity index (χ2v) is 10.1. The summed E-state index contributed by atoms with van der Waals surface area (Å²) < 4.78 is 2.40. The summed E-state index contributed by atoms with van der Waals surface area (Å²) in [5.41, 5.74) is 4.49. The summed E-state index contributed by atoms with van der Waals surface area (Å²) in [7, 11) is -0.148. The molecule has 0 amide bonds. The van der Waals surface area contributed by atoms with E-state index in [9.17, 15) is 0 Å². The third-order valence-corrected chi connectivity index (χ3v) is 9.22. The van der Waals surface area contributed by atoms with Gasteiger partial charge in [-0.15, -0.1) is 0 Å². The Morgan fingerprint density at radius 3 is 1.96 bits per heavy atom. The molecule has 2 nitrogen and oxygen atoms in total. The molecule has 0 spiro atoms. The van der Waals surface area contributed by atoms with Crippen LogP contribution in [0.1, 0.15) is 64.2 Å². The molecule has 4 rings (SSSR count). The summed E-state index contributed by atoms with van der Waals surface area (Å²) in [4.78, 5) is 4.94. The van der Waals surface area contributed by atoms with Crippen molar-refractivity contribution in [3.63, 3.8) is 0 Å². The molecule has 2 aliphatic rings. The molecule has 2 aromatic rings. The number of benzene rings is 1. The monoisotopic (exact) mass is 340 g/mol. The SMILES string of the molecule is c1ccc(-n2ccnc2P(C2CCCCC2)C2CCCCC2)cc1. The fraction of sp³-hybridized carbons (Fsp3) is 0.571. The standard InChI is InChI=1S/C21H29N2P/c1-4-10-18(11-5-1)23-17-16-22-21(23)24(19-12-6-2-7-13-19)20-14-8-3-9-15-20/h1,4-5,10-11,16-17,19-20H,2-3,6-9,12-15H2. The highest BCUT2D eigenvalue weighted by Crippen LogP contribution is 2.54. The minimum Gasteiger partial charge on any atom is -0.300 e. The Morgan fingerprint density at radius 2 is 1.38 bits per heavy atom. The Labute approximate surface area is 147 Å². The predicted molar refractivity (Wildman–Crippen MR) is 104 cm³/mol. The normalized spacial score (nSPS) is 20.5. The Morgan fingerprint density at radius 1 is 0.792 bits per heavy atom. The van der Waals surface area contributed by atoms with Crippen LogP contribution >= 0.6 is 7.92 Å². The van der Waals surface area contributed by atoms with Crippen LogP contribution in [0.3, 0.4) is 0 Å². The van der Waals surface area contributed by atoms with E-state index in [0.717, 1.165) is 11.3 Å². The Balaban J connectivity index is 1.69. The molecule has 0 aliphatic heterocycles. The van der Waals surface area contributed by atoms with Gasteiger partial charge in [0.15, 0.2) is 0 Å². The van der Waals surface area contributed by atoms with E-state index in [1.165, 1.54) is 75.5 Å². The number of hydrogen-bond donors (Lipinski definition) is 0. The first-order chi connectivity index (χ1) is 11.9. The van der Waals surface area contributed by atoms with Crippen LogP contribution in [0.15, 0.2) is 42.7 Å². The molecule has 1 aromatic carbocycles. The summed E-state index contributed by atoms with van der Waals surface area (Å²) in [5.74, 6) is 0. The molecule has 0 atom stereocenters. The van der Waals surface area contributed by atoms with E-state index < -0.39 is 0 Å². The zero-order valence-electron chi connectivity index (χ0n) is 14.6. The van der Waals surface area contributed by atoms with Crippen LogP contribution in [-0.4, -0.2) is 20.9 Å². The van der Waals surface area contributed by atoms with Crippen LogP contribution in [0, 0.1) is 0 Å². The molecule has 0 radical (unpaired) electrons. The number of imidazole rings is 1. The van der Waals surface area contributed by atoms with Gasteiger partial charge in [-0.2, -0.15) is 0 Å². The topological polar surface area (TPSA) is 17.8 Å². The van der Waals surface area contributed by atoms with Gasteiger partial charge in [0.05, 0.1) is 0 Å². The molecule has 2 aliphatic carbocycles. The van der Waals surface area contributed by atoms with Crippen LogP contribution in [-0.2, 0) is 0 Å². The van der Waals surface area contributed by atoms with Crippen molar-refractivity contribution < 1.29 is 0 Å². The molecule has 0 unspecified atom stereocenters. The van der Waals surface area contributed by atoms with E-state index >= 15 is 0 Å². The van der Waals surface area contributed by atoms with E-state index in [1.54, 1.807) is 0 Å². The van der Waals surface area contributed by atoms with Gasteiger partial charge in [-0.05, 0) is 57.1 Å². The first-order valence-electron chi connectivity index (χ1n) is 9.80. The van der Waals surface area contributed by atoms with E-state index in [1.807, 2.05) is 6.20 Å². The lowest BCUT2D eigenvalue weighted by Crippen LogP contribution is -2.30. The average molecular weight is 340 g/mol. The average Bonchev–Trinajstić information content (AvgIpc) is 3.14. The number of aromatic nitrogens is 2. The molecular weight excluding hydrogens is 311 g/mol. The number of nitrogens with zero attached hydrogens (tertiary/aromatic N) is 2. The van der Waals surface area contributed by atoms with Crippen molar-refractivity contribution in [3.8, 4) is 5.69 Å². The maximum atomic E-state index is 4.94. The van der Waals surface area contributed by atoms with Gasteiger partial charge in [0.2, 0.25) is 0 Å².